The molecule has 1 aromatic rings. The molecule has 1 aromatic carbocycles. The van der Waals surface area contributed by atoms with E-state index in [9.17, 15) is 18.4 Å². The maximum absolute atomic E-state index is 14.1. The molecule has 4 aliphatic rings. The number of nitrogens with zero attached hydrogens (tertiary/aromatic N) is 2. The van der Waals surface area contributed by atoms with Crippen LogP contribution in [0.25, 0.3) is 0 Å². The predicted octanol–water partition coefficient (Wildman–Crippen LogP) is 2.79. The number of ketones is 1. The van der Waals surface area contributed by atoms with Crippen LogP contribution in [0.3, 0.4) is 0 Å². The quantitative estimate of drug-likeness (QED) is 0.696. The van der Waals surface area contributed by atoms with E-state index in [2.05, 4.69) is 4.90 Å². The normalized spacial score (nSPS) is 30.9. The summed E-state index contributed by atoms with van der Waals surface area (Å²) in [5, 5.41) is 0. The summed E-state index contributed by atoms with van der Waals surface area (Å²) < 4.78 is 39.1. The number of carbonyl (C=O) groups is 2. The van der Waals surface area contributed by atoms with Crippen molar-refractivity contribution in [3.8, 4) is 0 Å². The molecule has 3 heterocycles. The van der Waals surface area contributed by atoms with E-state index in [1.807, 2.05) is 0 Å². The molecule has 0 bridgehead atoms. The van der Waals surface area contributed by atoms with Gasteiger partial charge in [0.2, 0.25) is 0 Å². The summed E-state index contributed by atoms with van der Waals surface area (Å²) in [6, 6.07) is 5.25. The summed E-state index contributed by atoms with van der Waals surface area (Å²) in [4.78, 5) is 30.8. The highest BCUT2D eigenvalue weighted by Crippen LogP contribution is 2.47. The van der Waals surface area contributed by atoms with Crippen LogP contribution in [0.2, 0.25) is 0 Å². The number of rotatable bonds is 5. The van der Waals surface area contributed by atoms with Gasteiger partial charge in [0.25, 0.3) is 5.91 Å². The smallest absolute Gasteiger partial charge is 0.290 e. The molecule has 1 saturated carbocycles. The summed E-state index contributed by atoms with van der Waals surface area (Å²) in [5.74, 6) is -1.34. The van der Waals surface area contributed by atoms with Crippen LogP contribution in [-0.4, -0.2) is 73.2 Å². The van der Waals surface area contributed by atoms with Crippen LogP contribution in [0, 0.1) is 11.7 Å². The summed E-state index contributed by atoms with van der Waals surface area (Å²) in [6.45, 7) is 4.40. The summed E-state index contributed by atoms with van der Waals surface area (Å²) in [6.07, 6.45) is 0.158. The molecule has 172 valence electrons. The summed E-state index contributed by atoms with van der Waals surface area (Å²) >= 11 is 0. The molecule has 0 radical (unpaired) electrons. The van der Waals surface area contributed by atoms with Crippen LogP contribution in [0.15, 0.2) is 35.6 Å². The van der Waals surface area contributed by atoms with Gasteiger partial charge in [-0.3, -0.25) is 14.5 Å². The van der Waals surface area contributed by atoms with Gasteiger partial charge >= 0.3 is 0 Å². The maximum atomic E-state index is 14.1. The number of morpholine rings is 1. The van der Waals surface area contributed by atoms with Gasteiger partial charge in [0, 0.05) is 26.2 Å². The fourth-order valence-corrected chi connectivity index (χ4v) is 5.37. The van der Waals surface area contributed by atoms with E-state index >= 15 is 0 Å². The largest absolute Gasteiger partial charge is 0.483 e. The second-order valence-electron chi connectivity index (χ2n) is 9.04. The van der Waals surface area contributed by atoms with Crippen LogP contribution in [0.4, 0.5) is 8.78 Å². The second kappa shape index (κ2) is 8.90. The Morgan fingerprint density at radius 1 is 1.03 bits per heavy atom. The Hall–Kier alpha value is -2.32. The molecule has 1 amide bonds. The van der Waals surface area contributed by atoms with Crippen molar-refractivity contribution in [3.05, 3.63) is 47.0 Å². The van der Waals surface area contributed by atoms with Crippen LogP contribution in [0.1, 0.15) is 37.3 Å². The highest BCUT2D eigenvalue weighted by Gasteiger charge is 2.52. The number of fused-ring (bicyclic) bond motifs is 1. The van der Waals surface area contributed by atoms with Gasteiger partial charge in [0.1, 0.15) is 18.1 Å². The molecule has 32 heavy (non-hydrogen) atoms. The average molecular weight is 446 g/mol. The summed E-state index contributed by atoms with van der Waals surface area (Å²) in [5.41, 5.74) is 0.975. The molecule has 4 unspecified atom stereocenters. The maximum Gasteiger partial charge on any atom is 0.290 e. The highest BCUT2D eigenvalue weighted by atomic mass is 19.1. The Morgan fingerprint density at radius 2 is 1.78 bits per heavy atom. The van der Waals surface area contributed by atoms with Crippen molar-refractivity contribution in [3.63, 3.8) is 0 Å². The fraction of sp³-hybridized carbons (Fsp3) is 0.583. The second-order valence-corrected chi connectivity index (χ2v) is 9.04. The zero-order valence-corrected chi connectivity index (χ0v) is 18.0. The lowest BCUT2D eigenvalue weighted by Crippen LogP contribution is -2.42. The molecule has 1 aliphatic carbocycles. The molecule has 1 saturated heterocycles. The standard InChI is InChI=1S/C24H28F2N2O4/c25-16-4-2-15(3-5-16)21-20-22(29)18-14-17(26)6-7-19(18)32-23(20)24(30)28(21)9-1-8-27-10-12-31-13-11-27/h2-5,17-19,21H,1,6-14H2. The molecular formula is C24H28F2N2O4. The summed E-state index contributed by atoms with van der Waals surface area (Å²) in [7, 11) is 0. The number of carbonyl (C=O) groups excluding carboxylic acids is 2. The third-order valence-corrected chi connectivity index (χ3v) is 7.04. The van der Waals surface area contributed by atoms with Gasteiger partial charge in [-0.05, 0) is 43.4 Å². The number of ether oxygens (including phenoxy) is 2. The first-order valence-electron chi connectivity index (χ1n) is 11.5. The Labute approximate surface area is 186 Å². The van der Waals surface area contributed by atoms with E-state index in [1.54, 1.807) is 17.0 Å². The first-order valence-corrected chi connectivity index (χ1v) is 11.5. The van der Waals surface area contributed by atoms with Crippen molar-refractivity contribution in [1.29, 1.82) is 0 Å². The highest BCUT2D eigenvalue weighted by molar-refractivity contribution is 6.11. The van der Waals surface area contributed by atoms with Gasteiger partial charge in [-0.1, -0.05) is 12.1 Å². The topological polar surface area (TPSA) is 59.1 Å². The van der Waals surface area contributed by atoms with E-state index in [0.29, 0.717) is 43.7 Å². The zero-order chi connectivity index (χ0) is 22.2. The number of halogens is 2. The Bertz CT molecular complexity index is 913. The van der Waals surface area contributed by atoms with E-state index in [1.165, 1.54) is 12.1 Å². The number of hydrogen-bond acceptors (Lipinski definition) is 5. The lowest BCUT2D eigenvalue weighted by molar-refractivity contribution is -0.136. The molecule has 3 aliphatic heterocycles. The third kappa shape index (κ3) is 3.94. The van der Waals surface area contributed by atoms with E-state index in [-0.39, 0.29) is 29.7 Å². The average Bonchev–Trinajstić information content (AvgIpc) is 3.08. The van der Waals surface area contributed by atoms with Gasteiger partial charge in [-0.15, -0.1) is 0 Å². The van der Waals surface area contributed by atoms with Crippen molar-refractivity contribution < 1.29 is 27.8 Å². The lowest BCUT2D eigenvalue weighted by atomic mass is 9.77. The van der Waals surface area contributed by atoms with Crippen molar-refractivity contribution in [2.24, 2.45) is 5.92 Å². The Kier molecular flexibility index (Phi) is 5.99. The fourth-order valence-electron chi connectivity index (χ4n) is 5.37. The Balaban J connectivity index is 1.41. The van der Waals surface area contributed by atoms with Crippen molar-refractivity contribution in [1.82, 2.24) is 9.80 Å². The minimum atomic E-state index is -1.03. The van der Waals surface area contributed by atoms with Gasteiger partial charge in [0.05, 0.1) is 30.7 Å². The number of hydrogen-bond donors (Lipinski definition) is 0. The number of amides is 1. The van der Waals surface area contributed by atoms with Crippen molar-refractivity contribution in [2.75, 3.05) is 39.4 Å². The van der Waals surface area contributed by atoms with Gasteiger partial charge in [0.15, 0.2) is 11.5 Å². The third-order valence-electron chi connectivity index (χ3n) is 7.04. The molecular weight excluding hydrogens is 418 g/mol. The lowest BCUT2D eigenvalue weighted by Gasteiger charge is -2.36. The Morgan fingerprint density at radius 3 is 2.53 bits per heavy atom. The predicted molar refractivity (Wildman–Crippen MR) is 112 cm³/mol. The van der Waals surface area contributed by atoms with E-state index < -0.39 is 24.2 Å². The first-order chi connectivity index (χ1) is 15.5. The number of Topliss-reactive ketones (excluding diaryl/α,β-unsaturated/α-hetero) is 1. The van der Waals surface area contributed by atoms with E-state index in [4.69, 9.17) is 9.47 Å². The molecule has 4 atom stereocenters. The molecule has 8 heteroatoms. The monoisotopic (exact) mass is 446 g/mol. The van der Waals surface area contributed by atoms with Crippen LogP contribution < -0.4 is 0 Å². The van der Waals surface area contributed by atoms with Crippen LogP contribution in [0.5, 0.6) is 0 Å². The van der Waals surface area contributed by atoms with E-state index in [0.717, 1.165) is 26.1 Å². The first kappa shape index (κ1) is 21.5. The molecule has 2 fully saturated rings. The molecule has 0 aromatic heterocycles. The molecule has 5 rings (SSSR count). The van der Waals surface area contributed by atoms with Crippen LogP contribution in [-0.2, 0) is 19.1 Å². The molecule has 6 nitrogen and oxygen atoms in total. The molecule has 0 spiro atoms. The molecule has 0 N–H and O–H groups in total. The number of benzene rings is 1. The SMILES string of the molecule is O=C1C2=C(OC3CCC(F)CC13)C(=O)N(CCCN1CCOCC1)C2c1ccc(F)cc1. The van der Waals surface area contributed by atoms with Gasteiger partial charge in [-0.2, -0.15) is 0 Å². The number of alkyl halides is 1. The minimum absolute atomic E-state index is 0.106. The van der Waals surface area contributed by atoms with Crippen molar-refractivity contribution >= 4 is 11.7 Å². The van der Waals surface area contributed by atoms with Gasteiger partial charge < -0.3 is 14.4 Å². The van der Waals surface area contributed by atoms with Crippen LogP contribution >= 0.6 is 0 Å². The zero-order valence-electron chi connectivity index (χ0n) is 18.0. The van der Waals surface area contributed by atoms with Crippen molar-refractivity contribution in [2.45, 2.75) is 44.0 Å². The minimum Gasteiger partial charge on any atom is -0.483 e. The van der Waals surface area contributed by atoms with Gasteiger partial charge in [-0.25, -0.2) is 8.78 Å².